The molecule has 0 unspecified atom stereocenters. The zero-order valence-corrected chi connectivity index (χ0v) is 14.5. The summed E-state index contributed by atoms with van der Waals surface area (Å²) in [6, 6.07) is 18.9. The first-order valence-electron chi connectivity index (χ1n) is 8.27. The maximum atomic E-state index is 11.8. The minimum Gasteiger partial charge on any atom is -0.489 e. The Morgan fingerprint density at radius 2 is 1.73 bits per heavy atom. The predicted octanol–water partition coefficient (Wildman–Crippen LogP) is 3.26. The molecule has 6 nitrogen and oxygen atoms in total. The maximum absolute atomic E-state index is 11.8. The number of nitrogens with one attached hydrogen (secondary N) is 1. The van der Waals surface area contributed by atoms with Crippen LogP contribution in [0.15, 0.2) is 65.2 Å². The molecular formula is C20H20N2O4. The van der Waals surface area contributed by atoms with Gasteiger partial charge in [0.25, 0.3) is 5.91 Å². The van der Waals surface area contributed by atoms with Crippen LogP contribution in [0.5, 0.6) is 11.5 Å². The van der Waals surface area contributed by atoms with Gasteiger partial charge in [0, 0.05) is 6.07 Å². The molecule has 0 fully saturated rings. The lowest BCUT2D eigenvalue weighted by molar-refractivity contribution is -0.123. The van der Waals surface area contributed by atoms with E-state index in [0.717, 1.165) is 11.3 Å². The quantitative estimate of drug-likeness (QED) is 0.674. The molecule has 0 saturated heterocycles. The highest BCUT2D eigenvalue weighted by atomic mass is 16.5. The number of aromatic nitrogens is 1. The molecule has 1 amide bonds. The van der Waals surface area contributed by atoms with Crippen molar-refractivity contribution in [3.05, 3.63) is 77.7 Å². The third-order valence-electron chi connectivity index (χ3n) is 3.59. The zero-order valence-electron chi connectivity index (χ0n) is 14.5. The Hall–Kier alpha value is -3.28. The van der Waals surface area contributed by atoms with Crippen LogP contribution < -0.4 is 14.8 Å². The van der Waals surface area contributed by atoms with Crippen molar-refractivity contribution in [3.63, 3.8) is 0 Å². The van der Waals surface area contributed by atoms with Crippen LogP contribution in [-0.2, 0) is 17.9 Å². The van der Waals surface area contributed by atoms with Gasteiger partial charge in [-0.15, -0.1) is 0 Å². The first kappa shape index (κ1) is 17.5. The molecule has 6 heteroatoms. The largest absolute Gasteiger partial charge is 0.489 e. The Balaban J connectivity index is 1.40. The van der Waals surface area contributed by atoms with E-state index >= 15 is 0 Å². The number of benzene rings is 2. The van der Waals surface area contributed by atoms with Crippen molar-refractivity contribution in [2.45, 2.75) is 20.1 Å². The molecule has 1 heterocycles. The number of aryl methyl sites for hydroxylation is 1. The van der Waals surface area contributed by atoms with Crippen molar-refractivity contribution in [2.75, 3.05) is 6.61 Å². The lowest BCUT2D eigenvalue weighted by Gasteiger charge is -2.09. The number of nitrogens with zero attached hydrogens (tertiary/aromatic N) is 1. The number of hydrogen-bond donors (Lipinski definition) is 1. The first-order chi connectivity index (χ1) is 12.7. The average molecular weight is 352 g/mol. The van der Waals surface area contributed by atoms with Crippen LogP contribution in [-0.4, -0.2) is 17.7 Å². The molecule has 0 saturated carbocycles. The topological polar surface area (TPSA) is 73.6 Å². The van der Waals surface area contributed by atoms with Gasteiger partial charge in [0.05, 0.1) is 6.54 Å². The fourth-order valence-electron chi connectivity index (χ4n) is 2.26. The summed E-state index contributed by atoms with van der Waals surface area (Å²) >= 11 is 0. The zero-order chi connectivity index (χ0) is 18.2. The highest BCUT2D eigenvalue weighted by Crippen LogP contribution is 2.18. The second-order valence-electron chi connectivity index (χ2n) is 5.74. The molecular weight excluding hydrogens is 332 g/mol. The molecule has 0 radical (unpaired) electrons. The van der Waals surface area contributed by atoms with E-state index in [1.807, 2.05) is 42.5 Å². The SMILES string of the molecule is Cc1cc(CNC(=O)COc2ccc(OCc3ccccc3)cc2)no1. The summed E-state index contributed by atoms with van der Waals surface area (Å²) in [7, 11) is 0. The Kier molecular flexibility index (Phi) is 5.88. The van der Waals surface area contributed by atoms with Crippen molar-refractivity contribution in [1.82, 2.24) is 10.5 Å². The summed E-state index contributed by atoms with van der Waals surface area (Å²) in [6.45, 7) is 2.55. The number of carbonyl (C=O) groups is 1. The Bertz CT molecular complexity index is 829. The van der Waals surface area contributed by atoms with Gasteiger partial charge in [-0.1, -0.05) is 35.5 Å². The van der Waals surface area contributed by atoms with Crippen LogP contribution in [0.4, 0.5) is 0 Å². The maximum Gasteiger partial charge on any atom is 0.258 e. The van der Waals surface area contributed by atoms with E-state index in [0.29, 0.717) is 30.4 Å². The van der Waals surface area contributed by atoms with E-state index in [1.165, 1.54) is 0 Å². The minimum absolute atomic E-state index is 0.0684. The van der Waals surface area contributed by atoms with Gasteiger partial charge < -0.3 is 19.3 Å². The first-order valence-corrected chi connectivity index (χ1v) is 8.27. The molecule has 134 valence electrons. The van der Waals surface area contributed by atoms with Crippen molar-refractivity contribution in [1.29, 1.82) is 0 Å². The fourth-order valence-corrected chi connectivity index (χ4v) is 2.26. The van der Waals surface area contributed by atoms with Crippen molar-refractivity contribution < 1.29 is 18.8 Å². The second kappa shape index (κ2) is 8.71. The molecule has 0 spiro atoms. The molecule has 3 aromatic rings. The third-order valence-corrected chi connectivity index (χ3v) is 3.59. The standard InChI is InChI=1S/C20H20N2O4/c1-15-11-17(22-26-15)12-21-20(23)14-25-19-9-7-18(8-10-19)24-13-16-5-3-2-4-6-16/h2-11H,12-14H2,1H3,(H,21,23). The number of rotatable bonds is 8. The molecule has 1 N–H and O–H groups in total. The van der Waals surface area contributed by atoms with E-state index < -0.39 is 0 Å². The van der Waals surface area contributed by atoms with Crippen LogP contribution >= 0.6 is 0 Å². The van der Waals surface area contributed by atoms with Gasteiger partial charge >= 0.3 is 0 Å². The minimum atomic E-state index is -0.227. The Morgan fingerprint density at radius 1 is 1.04 bits per heavy atom. The fraction of sp³-hybridized carbons (Fsp3) is 0.200. The van der Waals surface area contributed by atoms with E-state index in [-0.39, 0.29) is 12.5 Å². The smallest absolute Gasteiger partial charge is 0.258 e. The average Bonchev–Trinajstić information content (AvgIpc) is 3.10. The van der Waals surface area contributed by atoms with E-state index in [2.05, 4.69) is 10.5 Å². The highest BCUT2D eigenvalue weighted by molar-refractivity contribution is 5.77. The van der Waals surface area contributed by atoms with Crippen molar-refractivity contribution in [3.8, 4) is 11.5 Å². The number of carbonyl (C=O) groups excluding carboxylic acids is 1. The van der Waals surface area contributed by atoms with Gasteiger partial charge in [-0.3, -0.25) is 4.79 Å². The highest BCUT2D eigenvalue weighted by Gasteiger charge is 2.06. The molecule has 0 aliphatic rings. The second-order valence-corrected chi connectivity index (χ2v) is 5.74. The summed E-state index contributed by atoms with van der Waals surface area (Å²) in [5.74, 6) is 1.83. The normalized spacial score (nSPS) is 10.3. The van der Waals surface area contributed by atoms with Gasteiger partial charge in [-0.05, 0) is 36.8 Å². The van der Waals surface area contributed by atoms with Crippen LogP contribution in [0, 0.1) is 6.92 Å². The summed E-state index contributed by atoms with van der Waals surface area (Å²) in [4.78, 5) is 11.8. The van der Waals surface area contributed by atoms with Crippen LogP contribution in [0.25, 0.3) is 0 Å². The molecule has 26 heavy (non-hydrogen) atoms. The summed E-state index contributed by atoms with van der Waals surface area (Å²) in [6.07, 6.45) is 0. The third kappa shape index (κ3) is 5.37. The summed E-state index contributed by atoms with van der Waals surface area (Å²) < 4.78 is 16.1. The molecule has 0 aliphatic carbocycles. The van der Waals surface area contributed by atoms with Gasteiger partial charge in [0.1, 0.15) is 29.6 Å². The van der Waals surface area contributed by atoms with E-state index in [9.17, 15) is 4.79 Å². The molecule has 2 aromatic carbocycles. The summed E-state index contributed by atoms with van der Waals surface area (Å²) in [5, 5.41) is 6.53. The van der Waals surface area contributed by atoms with E-state index in [4.69, 9.17) is 14.0 Å². The molecule has 0 aliphatic heterocycles. The van der Waals surface area contributed by atoms with E-state index in [1.54, 1.807) is 25.1 Å². The van der Waals surface area contributed by atoms with Crippen LogP contribution in [0.3, 0.4) is 0 Å². The molecule has 0 bridgehead atoms. The van der Waals surface area contributed by atoms with Crippen molar-refractivity contribution >= 4 is 5.91 Å². The summed E-state index contributed by atoms with van der Waals surface area (Å²) in [5.41, 5.74) is 1.78. The monoisotopic (exact) mass is 352 g/mol. The number of ether oxygens (including phenoxy) is 2. The van der Waals surface area contributed by atoms with Gasteiger partial charge in [-0.25, -0.2) is 0 Å². The Labute approximate surface area is 151 Å². The van der Waals surface area contributed by atoms with Crippen molar-refractivity contribution in [2.24, 2.45) is 0 Å². The lowest BCUT2D eigenvalue weighted by atomic mass is 10.2. The molecule has 3 rings (SSSR count). The Morgan fingerprint density at radius 3 is 2.38 bits per heavy atom. The van der Waals surface area contributed by atoms with Crippen LogP contribution in [0.1, 0.15) is 17.0 Å². The number of amides is 1. The number of hydrogen-bond acceptors (Lipinski definition) is 5. The van der Waals surface area contributed by atoms with Gasteiger partial charge in [0.15, 0.2) is 6.61 Å². The lowest BCUT2D eigenvalue weighted by Crippen LogP contribution is -2.28. The molecule has 1 aromatic heterocycles. The van der Waals surface area contributed by atoms with Crippen LogP contribution in [0.2, 0.25) is 0 Å². The van der Waals surface area contributed by atoms with Gasteiger partial charge in [0.2, 0.25) is 0 Å². The van der Waals surface area contributed by atoms with Gasteiger partial charge in [-0.2, -0.15) is 0 Å². The predicted molar refractivity (Wildman–Crippen MR) is 95.8 cm³/mol. The molecule has 0 atom stereocenters.